The van der Waals surface area contributed by atoms with E-state index in [1.165, 1.54) is 10.6 Å². The zero-order valence-electron chi connectivity index (χ0n) is 19.0. The van der Waals surface area contributed by atoms with Crippen molar-refractivity contribution in [3.8, 4) is 0 Å². The molecule has 180 valence electrons. The highest BCUT2D eigenvalue weighted by atomic mass is 35.5. The fraction of sp³-hybridized carbons (Fsp3) is 0.222. The topological polar surface area (TPSA) is 73.1 Å². The number of halogens is 2. The minimum atomic E-state index is -0.528. The first-order valence-electron chi connectivity index (χ1n) is 11.4. The molecule has 1 amide bonds. The van der Waals surface area contributed by atoms with Crippen LogP contribution < -0.4 is 16.6 Å². The molecule has 8 heteroatoms. The zero-order valence-corrected chi connectivity index (χ0v) is 19.8. The maximum atomic E-state index is 14.3. The predicted octanol–water partition coefficient (Wildman–Crippen LogP) is 4.14. The van der Waals surface area contributed by atoms with Gasteiger partial charge in [0.2, 0.25) is 5.91 Å². The van der Waals surface area contributed by atoms with Crippen LogP contribution in [0.3, 0.4) is 0 Å². The van der Waals surface area contributed by atoms with Gasteiger partial charge >= 0.3 is 5.69 Å². The Kier molecular flexibility index (Phi) is 7.77. The van der Waals surface area contributed by atoms with Gasteiger partial charge in [0.15, 0.2) is 0 Å². The second kappa shape index (κ2) is 11.1. The molecule has 0 atom stereocenters. The van der Waals surface area contributed by atoms with Gasteiger partial charge < -0.3 is 5.32 Å². The second-order valence-corrected chi connectivity index (χ2v) is 8.70. The lowest BCUT2D eigenvalue weighted by Gasteiger charge is -2.14. The first kappa shape index (κ1) is 24.4. The average Bonchev–Trinajstić information content (AvgIpc) is 2.86. The fourth-order valence-electron chi connectivity index (χ4n) is 4.00. The Morgan fingerprint density at radius 2 is 1.63 bits per heavy atom. The van der Waals surface area contributed by atoms with Gasteiger partial charge in [-0.2, -0.15) is 0 Å². The molecule has 0 aliphatic rings. The van der Waals surface area contributed by atoms with Crippen LogP contribution >= 0.6 is 11.6 Å². The summed E-state index contributed by atoms with van der Waals surface area (Å²) < 4.78 is 16.8. The largest absolute Gasteiger partial charge is 0.356 e. The van der Waals surface area contributed by atoms with Crippen LogP contribution in [0.4, 0.5) is 4.39 Å². The zero-order chi connectivity index (χ0) is 24.8. The number of rotatable bonds is 9. The maximum Gasteiger partial charge on any atom is 0.331 e. The summed E-state index contributed by atoms with van der Waals surface area (Å²) in [5, 5.41) is 3.89. The summed E-state index contributed by atoms with van der Waals surface area (Å²) >= 11 is 5.88. The molecule has 4 aromatic rings. The molecule has 0 saturated heterocycles. The van der Waals surface area contributed by atoms with Crippen LogP contribution in [0.25, 0.3) is 10.9 Å². The van der Waals surface area contributed by atoms with Crippen LogP contribution in [0.5, 0.6) is 0 Å². The van der Waals surface area contributed by atoms with Crippen molar-refractivity contribution < 1.29 is 9.18 Å². The molecule has 0 bridgehead atoms. The predicted molar refractivity (Wildman–Crippen MR) is 135 cm³/mol. The third-order valence-corrected chi connectivity index (χ3v) is 6.11. The van der Waals surface area contributed by atoms with Gasteiger partial charge in [-0.15, -0.1) is 0 Å². The van der Waals surface area contributed by atoms with E-state index in [-0.39, 0.29) is 25.4 Å². The standard InChI is InChI=1S/C27H25ClFN3O3/c28-21-13-11-19(12-14-21)15-16-30-25(33)10-5-17-31-26(34)22-7-2-4-9-24(22)32(27(31)35)18-20-6-1-3-8-23(20)29/h1-4,6-9,11-14H,5,10,15-18H2,(H,30,33). The van der Waals surface area contributed by atoms with E-state index in [1.807, 2.05) is 12.1 Å². The molecule has 0 unspecified atom stereocenters. The third-order valence-electron chi connectivity index (χ3n) is 5.85. The summed E-state index contributed by atoms with van der Waals surface area (Å²) in [5.74, 6) is -0.573. The lowest BCUT2D eigenvalue weighted by molar-refractivity contribution is -0.121. The number of hydrogen-bond acceptors (Lipinski definition) is 3. The molecule has 0 aliphatic carbocycles. The molecular weight excluding hydrogens is 469 g/mol. The number of hydrogen-bond donors (Lipinski definition) is 1. The molecule has 3 aromatic carbocycles. The molecule has 1 N–H and O–H groups in total. The highest BCUT2D eigenvalue weighted by Gasteiger charge is 2.15. The van der Waals surface area contributed by atoms with Crippen LogP contribution in [0, 0.1) is 5.82 Å². The highest BCUT2D eigenvalue weighted by Crippen LogP contribution is 2.13. The maximum absolute atomic E-state index is 14.3. The van der Waals surface area contributed by atoms with Gasteiger partial charge in [0.25, 0.3) is 5.56 Å². The number of nitrogens with zero attached hydrogens (tertiary/aromatic N) is 2. The number of para-hydroxylation sites is 1. The smallest absolute Gasteiger partial charge is 0.331 e. The minimum absolute atomic E-state index is 0.00250. The van der Waals surface area contributed by atoms with E-state index >= 15 is 0 Å². The number of fused-ring (bicyclic) bond motifs is 1. The van der Waals surface area contributed by atoms with Crippen molar-refractivity contribution in [3.05, 3.63) is 116 Å². The molecule has 0 aliphatic heterocycles. The number of carbonyl (C=O) groups excluding carboxylic acids is 1. The molecule has 0 radical (unpaired) electrons. The first-order valence-corrected chi connectivity index (χ1v) is 11.8. The van der Waals surface area contributed by atoms with Gasteiger partial charge in [0, 0.05) is 30.1 Å². The Balaban J connectivity index is 1.45. The van der Waals surface area contributed by atoms with E-state index in [4.69, 9.17) is 11.6 Å². The monoisotopic (exact) mass is 493 g/mol. The minimum Gasteiger partial charge on any atom is -0.356 e. The molecule has 35 heavy (non-hydrogen) atoms. The van der Waals surface area contributed by atoms with E-state index in [9.17, 15) is 18.8 Å². The van der Waals surface area contributed by atoms with Crippen molar-refractivity contribution in [2.45, 2.75) is 32.4 Å². The molecule has 1 heterocycles. The molecule has 6 nitrogen and oxygen atoms in total. The highest BCUT2D eigenvalue weighted by molar-refractivity contribution is 6.30. The summed E-state index contributed by atoms with van der Waals surface area (Å²) in [6.45, 7) is 0.563. The van der Waals surface area contributed by atoms with Gasteiger partial charge in [-0.25, -0.2) is 9.18 Å². The Labute approximate surface area is 206 Å². The summed E-state index contributed by atoms with van der Waals surface area (Å²) in [5.41, 5.74) is 0.915. The summed E-state index contributed by atoms with van der Waals surface area (Å²) in [6, 6.07) is 20.4. The van der Waals surface area contributed by atoms with Gasteiger partial charge in [0.05, 0.1) is 17.4 Å². The Hall–Kier alpha value is -3.71. The number of carbonyl (C=O) groups is 1. The van der Waals surface area contributed by atoms with Crippen LogP contribution in [0.1, 0.15) is 24.0 Å². The lowest BCUT2D eigenvalue weighted by Crippen LogP contribution is -2.40. The fourth-order valence-corrected chi connectivity index (χ4v) is 4.13. The number of amides is 1. The van der Waals surface area contributed by atoms with Crippen molar-refractivity contribution in [3.63, 3.8) is 0 Å². The summed E-state index contributed by atoms with van der Waals surface area (Å²) in [7, 11) is 0. The van der Waals surface area contributed by atoms with E-state index in [0.717, 1.165) is 10.1 Å². The van der Waals surface area contributed by atoms with Gasteiger partial charge in [-0.05, 0) is 48.7 Å². The van der Waals surface area contributed by atoms with Gasteiger partial charge in [0.1, 0.15) is 5.82 Å². The Bertz CT molecular complexity index is 1460. The summed E-state index contributed by atoms with van der Waals surface area (Å²) in [4.78, 5) is 38.5. The van der Waals surface area contributed by atoms with Crippen molar-refractivity contribution in [2.75, 3.05) is 6.54 Å². The number of nitrogens with one attached hydrogen (secondary N) is 1. The van der Waals surface area contributed by atoms with Gasteiger partial charge in [-0.1, -0.05) is 54.1 Å². The first-order chi connectivity index (χ1) is 16.9. The van der Waals surface area contributed by atoms with Crippen LogP contribution in [-0.4, -0.2) is 21.6 Å². The number of aromatic nitrogens is 2. The van der Waals surface area contributed by atoms with Crippen molar-refractivity contribution >= 4 is 28.4 Å². The quantitative estimate of drug-likeness (QED) is 0.381. The van der Waals surface area contributed by atoms with E-state index < -0.39 is 17.1 Å². The normalized spacial score (nSPS) is 11.0. The Morgan fingerprint density at radius 1 is 0.914 bits per heavy atom. The second-order valence-electron chi connectivity index (χ2n) is 8.26. The molecule has 0 spiro atoms. The van der Waals surface area contributed by atoms with E-state index in [1.54, 1.807) is 54.6 Å². The van der Waals surface area contributed by atoms with Crippen molar-refractivity contribution in [1.82, 2.24) is 14.5 Å². The SMILES string of the molecule is O=C(CCCn1c(=O)c2ccccc2n(Cc2ccccc2F)c1=O)NCCc1ccc(Cl)cc1. The van der Waals surface area contributed by atoms with E-state index in [0.29, 0.717) is 40.9 Å². The van der Waals surface area contributed by atoms with Crippen LogP contribution in [-0.2, 0) is 24.3 Å². The molecule has 1 aromatic heterocycles. The molecule has 0 saturated carbocycles. The lowest BCUT2D eigenvalue weighted by atomic mass is 10.1. The van der Waals surface area contributed by atoms with Crippen LogP contribution in [0.2, 0.25) is 5.02 Å². The average molecular weight is 494 g/mol. The molecular formula is C27H25ClFN3O3. The summed E-state index contributed by atoms with van der Waals surface area (Å²) in [6.07, 6.45) is 1.17. The molecule has 0 fully saturated rings. The van der Waals surface area contributed by atoms with Crippen molar-refractivity contribution in [2.24, 2.45) is 0 Å². The van der Waals surface area contributed by atoms with Gasteiger partial charge in [-0.3, -0.25) is 18.7 Å². The molecule has 4 rings (SSSR count). The van der Waals surface area contributed by atoms with Crippen LogP contribution in [0.15, 0.2) is 82.4 Å². The Morgan fingerprint density at radius 3 is 2.40 bits per heavy atom. The van der Waals surface area contributed by atoms with Crippen molar-refractivity contribution in [1.29, 1.82) is 0 Å². The third kappa shape index (κ3) is 5.87. The van der Waals surface area contributed by atoms with E-state index in [2.05, 4.69) is 5.32 Å². The number of benzene rings is 3.